The Bertz CT molecular complexity index is 630. The van der Waals surface area contributed by atoms with Gasteiger partial charge in [0.1, 0.15) is 0 Å². The van der Waals surface area contributed by atoms with Gasteiger partial charge in [0.25, 0.3) is 0 Å². The molecule has 1 unspecified atom stereocenters. The zero-order valence-corrected chi connectivity index (χ0v) is 15.3. The van der Waals surface area contributed by atoms with Gasteiger partial charge in [0.15, 0.2) is 0 Å². The van der Waals surface area contributed by atoms with E-state index in [1.165, 1.54) is 16.7 Å². The van der Waals surface area contributed by atoms with Crippen LogP contribution in [0.5, 0.6) is 0 Å². The monoisotopic (exact) mass is 336 g/mol. The van der Waals surface area contributed by atoms with Crippen molar-refractivity contribution in [1.82, 2.24) is 0 Å². The molecule has 2 nitrogen and oxygen atoms in total. The van der Waals surface area contributed by atoms with Crippen molar-refractivity contribution in [2.45, 2.75) is 33.5 Å². The van der Waals surface area contributed by atoms with E-state index in [0.29, 0.717) is 32.3 Å². The summed E-state index contributed by atoms with van der Waals surface area (Å²) in [4.78, 5) is 0. The lowest BCUT2D eigenvalue weighted by Gasteiger charge is -2.28. The third-order valence-corrected chi connectivity index (χ3v) is 5.03. The fraction of sp³-hybridized carbons (Fsp3) is 0.391. The number of benzene rings is 2. The minimum absolute atomic E-state index is 0.00688. The molecule has 0 saturated heterocycles. The van der Waals surface area contributed by atoms with Crippen LogP contribution in [-0.4, -0.2) is 13.2 Å². The first-order chi connectivity index (χ1) is 12.2. The maximum atomic E-state index is 6.08. The maximum absolute atomic E-state index is 6.08. The van der Waals surface area contributed by atoms with Gasteiger partial charge < -0.3 is 9.47 Å². The second-order valence-electron chi connectivity index (χ2n) is 7.31. The molecule has 1 aliphatic carbocycles. The average Bonchev–Trinajstić information content (AvgIpc) is 2.91. The van der Waals surface area contributed by atoms with Crippen molar-refractivity contribution in [2.24, 2.45) is 11.3 Å². The highest BCUT2D eigenvalue weighted by atomic mass is 16.5. The van der Waals surface area contributed by atoms with Crippen LogP contribution in [0.3, 0.4) is 0 Å². The lowest BCUT2D eigenvalue weighted by molar-refractivity contribution is -0.0117. The molecule has 2 aromatic carbocycles. The van der Waals surface area contributed by atoms with Crippen molar-refractivity contribution in [1.29, 1.82) is 0 Å². The Morgan fingerprint density at radius 1 is 0.840 bits per heavy atom. The third kappa shape index (κ3) is 5.04. The summed E-state index contributed by atoms with van der Waals surface area (Å²) in [7, 11) is 0. The van der Waals surface area contributed by atoms with Gasteiger partial charge in [-0.15, -0.1) is 0 Å². The van der Waals surface area contributed by atoms with E-state index >= 15 is 0 Å². The van der Waals surface area contributed by atoms with E-state index in [9.17, 15) is 0 Å². The Labute approximate surface area is 151 Å². The van der Waals surface area contributed by atoms with Crippen molar-refractivity contribution in [3.05, 3.63) is 83.4 Å². The maximum Gasteiger partial charge on any atom is 0.0717 e. The van der Waals surface area contributed by atoms with Crippen molar-refractivity contribution < 1.29 is 9.47 Å². The second-order valence-corrected chi connectivity index (χ2v) is 7.31. The first-order valence-electron chi connectivity index (χ1n) is 9.10. The summed E-state index contributed by atoms with van der Waals surface area (Å²) in [5, 5.41) is 0. The Balaban J connectivity index is 1.57. The van der Waals surface area contributed by atoms with Crippen molar-refractivity contribution in [2.75, 3.05) is 13.2 Å². The summed E-state index contributed by atoms with van der Waals surface area (Å²) < 4.78 is 12.2. The Morgan fingerprint density at radius 2 is 1.32 bits per heavy atom. The van der Waals surface area contributed by atoms with Crippen LogP contribution in [0.2, 0.25) is 0 Å². The largest absolute Gasteiger partial charge is 0.376 e. The highest BCUT2D eigenvalue weighted by molar-refractivity contribution is 5.19. The van der Waals surface area contributed by atoms with Crippen LogP contribution in [0.4, 0.5) is 0 Å². The van der Waals surface area contributed by atoms with Gasteiger partial charge in [-0.25, -0.2) is 0 Å². The summed E-state index contributed by atoms with van der Waals surface area (Å²) in [5.74, 6) is 0.598. The standard InChI is InChI=1S/C23H28O2/c1-19-13-23(14-20(19)2,17-24-15-21-9-5-3-6-10-21)18-25-16-22-11-7-4-8-12-22/h3-13,20H,14-18H2,1-2H3. The van der Waals surface area contributed by atoms with E-state index in [1.54, 1.807) is 0 Å². The van der Waals surface area contributed by atoms with Crippen LogP contribution in [0.15, 0.2) is 72.3 Å². The highest BCUT2D eigenvalue weighted by Crippen LogP contribution is 2.40. The number of hydrogen-bond acceptors (Lipinski definition) is 2. The topological polar surface area (TPSA) is 18.5 Å². The Hall–Kier alpha value is -1.90. The molecule has 2 heteroatoms. The van der Waals surface area contributed by atoms with Crippen LogP contribution in [0.25, 0.3) is 0 Å². The predicted molar refractivity (Wildman–Crippen MR) is 102 cm³/mol. The van der Waals surface area contributed by atoms with Gasteiger partial charge in [0.2, 0.25) is 0 Å². The Kier molecular flexibility index (Phi) is 6.06. The van der Waals surface area contributed by atoms with Crippen LogP contribution in [-0.2, 0) is 22.7 Å². The zero-order valence-electron chi connectivity index (χ0n) is 15.3. The molecule has 0 aromatic heterocycles. The molecule has 25 heavy (non-hydrogen) atoms. The molecule has 0 N–H and O–H groups in total. The minimum Gasteiger partial charge on any atom is -0.376 e. The van der Waals surface area contributed by atoms with Gasteiger partial charge in [-0.1, -0.05) is 79.2 Å². The summed E-state index contributed by atoms with van der Waals surface area (Å²) >= 11 is 0. The van der Waals surface area contributed by atoms with Gasteiger partial charge in [-0.05, 0) is 30.4 Å². The molecular weight excluding hydrogens is 308 g/mol. The highest BCUT2D eigenvalue weighted by Gasteiger charge is 2.36. The zero-order chi connectivity index (χ0) is 17.5. The minimum atomic E-state index is -0.00688. The summed E-state index contributed by atoms with van der Waals surface area (Å²) in [6.45, 7) is 7.24. The summed E-state index contributed by atoms with van der Waals surface area (Å²) in [6.07, 6.45) is 3.48. The Morgan fingerprint density at radius 3 is 1.72 bits per heavy atom. The SMILES string of the molecule is CC1=CC(COCc2ccccc2)(COCc2ccccc2)CC1C. The molecule has 0 amide bonds. The number of hydrogen-bond donors (Lipinski definition) is 0. The lowest BCUT2D eigenvalue weighted by atomic mass is 9.87. The number of allylic oxidation sites excluding steroid dienone is 1. The van der Waals surface area contributed by atoms with Gasteiger partial charge in [-0.2, -0.15) is 0 Å². The van der Waals surface area contributed by atoms with Gasteiger partial charge in [-0.3, -0.25) is 0 Å². The molecule has 0 aliphatic heterocycles. The van der Waals surface area contributed by atoms with Crippen molar-refractivity contribution in [3.8, 4) is 0 Å². The van der Waals surface area contributed by atoms with Gasteiger partial charge >= 0.3 is 0 Å². The van der Waals surface area contributed by atoms with E-state index in [1.807, 2.05) is 12.1 Å². The van der Waals surface area contributed by atoms with E-state index in [4.69, 9.17) is 9.47 Å². The molecule has 0 heterocycles. The molecule has 0 saturated carbocycles. The molecule has 1 atom stereocenters. The fourth-order valence-corrected chi connectivity index (χ4v) is 3.59. The molecule has 0 bridgehead atoms. The van der Waals surface area contributed by atoms with E-state index in [2.05, 4.69) is 68.5 Å². The van der Waals surface area contributed by atoms with Gasteiger partial charge in [0.05, 0.1) is 26.4 Å². The average molecular weight is 336 g/mol. The predicted octanol–water partition coefficient (Wildman–Crippen LogP) is 5.39. The fourth-order valence-electron chi connectivity index (χ4n) is 3.59. The van der Waals surface area contributed by atoms with Crippen LogP contribution in [0.1, 0.15) is 31.4 Å². The smallest absolute Gasteiger partial charge is 0.0717 e. The second kappa shape index (κ2) is 8.46. The molecule has 3 rings (SSSR count). The van der Waals surface area contributed by atoms with E-state index in [-0.39, 0.29) is 5.41 Å². The number of ether oxygens (including phenoxy) is 2. The normalized spacial score (nSPS) is 19.0. The molecule has 132 valence electrons. The first kappa shape index (κ1) is 17.9. The molecule has 0 spiro atoms. The van der Waals surface area contributed by atoms with Crippen LogP contribution in [0, 0.1) is 11.3 Å². The molecule has 2 aromatic rings. The molecule has 0 radical (unpaired) electrons. The van der Waals surface area contributed by atoms with Crippen molar-refractivity contribution >= 4 is 0 Å². The quantitative estimate of drug-likeness (QED) is 0.602. The summed E-state index contributed by atoms with van der Waals surface area (Å²) in [6, 6.07) is 20.7. The van der Waals surface area contributed by atoms with Gasteiger partial charge in [0, 0.05) is 5.41 Å². The summed E-state index contributed by atoms with van der Waals surface area (Å²) in [5.41, 5.74) is 3.88. The van der Waals surface area contributed by atoms with E-state index in [0.717, 1.165) is 6.42 Å². The molecular formula is C23H28O2. The van der Waals surface area contributed by atoms with Crippen LogP contribution < -0.4 is 0 Å². The third-order valence-electron chi connectivity index (χ3n) is 5.03. The molecule has 0 fully saturated rings. The number of rotatable bonds is 8. The molecule has 1 aliphatic rings. The van der Waals surface area contributed by atoms with Crippen LogP contribution >= 0.6 is 0 Å². The van der Waals surface area contributed by atoms with E-state index < -0.39 is 0 Å². The van der Waals surface area contributed by atoms with Crippen molar-refractivity contribution in [3.63, 3.8) is 0 Å². The lowest BCUT2D eigenvalue weighted by Crippen LogP contribution is -2.29. The first-order valence-corrected chi connectivity index (χ1v) is 9.10.